The fraction of sp³-hybridized carbons (Fsp3) is 0.679. The standard InChI is InChI=1S/C28H36O8/c1-17-9-11-27-15-33-25(31)19(3)18(2)10-12-32-23(29)7-5-6-8-24(30)36-20-14-22(35-21(27)13-17)28(16-34-28)26(20,27)4/h5-8,13,18-22H,9-12,14-16H2,1-4H3/b7-5+,8-6-/t18-,19+,20-,21-,22-,26-,27-,28+/m1/s1. The van der Waals surface area contributed by atoms with Gasteiger partial charge in [-0.25, -0.2) is 9.59 Å². The van der Waals surface area contributed by atoms with Crippen molar-refractivity contribution < 1.29 is 38.1 Å². The normalized spacial score (nSPS) is 46.8. The predicted molar refractivity (Wildman–Crippen MR) is 129 cm³/mol. The SMILES string of the molecule is CC1=C[C@H]2O[C@@H]3C[C@H]4OC(=O)/C=C\C=C\C(=O)OCC[C@@H](C)[C@H](C)C(=O)OC[C@@]2(CC1)[C@]4(C)[C@]31CO1. The van der Waals surface area contributed by atoms with Crippen molar-refractivity contribution in [3.63, 3.8) is 0 Å². The van der Waals surface area contributed by atoms with E-state index in [1.54, 1.807) is 0 Å². The molecule has 5 rings (SSSR count). The molecule has 3 heterocycles. The van der Waals surface area contributed by atoms with Gasteiger partial charge in [0.15, 0.2) is 0 Å². The first-order chi connectivity index (χ1) is 17.1. The van der Waals surface area contributed by atoms with Crippen molar-refractivity contribution in [1.82, 2.24) is 0 Å². The molecule has 1 saturated carbocycles. The van der Waals surface area contributed by atoms with Crippen LogP contribution in [0.1, 0.15) is 53.4 Å². The van der Waals surface area contributed by atoms with Gasteiger partial charge in [0.1, 0.15) is 18.3 Å². The van der Waals surface area contributed by atoms with Gasteiger partial charge >= 0.3 is 17.9 Å². The van der Waals surface area contributed by atoms with Crippen molar-refractivity contribution >= 4 is 17.9 Å². The van der Waals surface area contributed by atoms with Crippen LogP contribution in [0.15, 0.2) is 36.0 Å². The monoisotopic (exact) mass is 500 g/mol. The van der Waals surface area contributed by atoms with Gasteiger partial charge in [0, 0.05) is 24.0 Å². The molecule has 0 aromatic heterocycles. The van der Waals surface area contributed by atoms with Crippen molar-refractivity contribution in [2.24, 2.45) is 22.7 Å². The lowest BCUT2D eigenvalue weighted by atomic mass is 9.51. The van der Waals surface area contributed by atoms with E-state index in [-0.39, 0.29) is 43.2 Å². The Labute approximate surface area is 212 Å². The van der Waals surface area contributed by atoms with E-state index in [2.05, 4.69) is 19.9 Å². The fourth-order valence-corrected chi connectivity index (χ4v) is 6.79. The molecule has 0 radical (unpaired) electrons. The molecule has 2 aliphatic carbocycles. The molecule has 8 heteroatoms. The van der Waals surface area contributed by atoms with E-state index in [0.717, 1.165) is 12.8 Å². The van der Waals surface area contributed by atoms with Gasteiger partial charge in [-0.3, -0.25) is 4.79 Å². The van der Waals surface area contributed by atoms with Crippen LogP contribution < -0.4 is 0 Å². The molecule has 196 valence electrons. The summed E-state index contributed by atoms with van der Waals surface area (Å²) in [4.78, 5) is 37.9. The highest BCUT2D eigenvalue weighted by Crippen LogP contribution is 2.72. The molecular formula is C28H36O8. The third kappa shape index (κ3) is 3.84. The molecule has 0 unspecified atom stereocenters. The van der Waals surface area contributed by atoms with Gasteiger partial charge in [-0.2, -0.15) is 0 Å². The molecule has 2 spiro atoms. The van der Waals surface area contributed by atoms with Gasteiger partial charge < -0.3 is 23.7 Å². The smallest absolute Gasteiger partial charge is 0.331 e. The largest absolute Gasteiger partial charge is 0.465 e. The number of hydrogen-bond acceptors (Lipinski definition) is 8. The second-order valence-electron chi connectivity index (χ2n) is 11.3. The lowest BCUT2D eigenvalue weighted by Crippen LogP contribution is -2.66. The molecule has 5 aliphatic rings. The van der Waals surface area contributed by atoms with Gasteiger partial charge in [0.05, 0.1) is 36.8 Å². The summed E-state index contributed by atoms with van der Waals surface area (Å²) in [6, 6.07) is 0. The first kappa shape index (κ1) is 25.2. The summed E-state index contributed by atoms with van der Waals surface area (Å²) in [6.07, 6.45) is 9.37. The summed E-state index contributed by atoms with van der Waals surface area (Å²) in [5.74, 6) is -1.70. The van der Waals surface area contributed by atoms with E-state index in [9.17, 15) is 14.4 Å². The zero-order valence-corrected chi connectivity index (χ0v) is 21.5. The van der Waals surface area contributed by atoms with Crippen molar-refractivity contribution in [3.05, 3.63) is 36.0 Å². The Morgan fingerprint density at radius 2 is 1.69 bits per heavy atom. The molecule has 8 atom stereocenters. The maximum absolute atomic E-state index is 13.2. The summed E-state index contributed by atoms with van der Waals surface area (Å²) in [7, 11) is 0. The minimum Gasteiger partial charge on any atom is -0.465 e. The fourth-order valence-electron chi connectivity index (χ4n) is 6.79. The Balaban J connectivity index is 1.52. The van der Waals surface area contributed by atoms with E-state index in [0.29, 0.717) is 19.4 Å². The first-order valence-corrected chi connectivity index (χ1v) is 13.0. The number of esters is 3. The van der Waals surface area contributed by atoms with Crippen LogP contribution >= 0.6 is 0 Å². The molecule has 0 N–H and O–H groups in total. The average Bonchev–Trinajstić information content (AvgIpc) is 3.62. The van der Waals surface area contributed by atoms with Gasteiger partial charge in [-0.1, -0.05) is 44.6 Å². The third-order valence-corrected chi connectivity index (χ3v) is 9.57. The van der Waals surface area contributed by atoms with Crippen LogP contribution in [0, 0.1) is 22.7 Å². The summed E-state index contributed by atoms with van der Waals surface area (Å²) >= 11 is 0. The van der Waals surface area contributed by atoms with Crippen LogP contribution in [0.2, 0.25) is 0 Å². The van der Waals surface area contributed by atoms with Crippen LogP contribution in [-0.4, -0.2) is 61.6 Å². The molecule has 0 amide bonds. The van der Waals surface area contributed by atoms with Crippen LogP contribution in [0.4, 0.5) is 0 Å². The summed E-state index contributed by atoms with van der Waals surface area (Å²) in [5.41, 5.74) is -0.516. The topological polar surface area (TPSA) is 101 Å². The Bertz CT molecular complexity index is 1020. The Hall–Kier alpha value is -2.45. The van der Waals surface area contributed by atoms with Crippen molar-refractivity contribution in [1.29, 1.82) is 0 Å². The maximum Gasteiger partial charge on any atom is 0.331 e. The second-order valence-corrected chi connectivity index (χ2v) is 11.3. The number of epoxide rings is 1. The van der Waals surface area contributed by atoms with Crippen molar-refractivity contribution in [2.75, 3.05) is 19.8 Å². The van der Waals surface area contributed by atoms with Crippen LogP contribution in [0.25, 0.3) is 0 Å². The van der Waals surface area contributed by atoms with E-state index in [1.807, 2.05) is 13.8 Å². The quantitative estimate of drug-likeness (QED) is 0.216. The molecule has 8 nitrogen and oxygen atoms in total. The highest BCUT2D eigenvalue weighted by Gasteiger charge is 2.83. The van der Waals surface area contributed by atoms with Crippen LogP contribution in [-0.2, 0) is 38.1 Å². The minimum absolute atomic E-state index is 0.0317. The molecule has 36 heavy (non-hydrogen) atoms. The number of hydrogen-bond donors (Lipinski definition) is 0. The van der Waals surface area contributed by atoms with Crippen molar-refractivity contribution in [3.8, 4) is 0 Å². The maximum atomic E-state index is 13.2. The average molecular weight is 501 g/mol. The molecule has 3 fully saturated rings. The highest BCUT2D eigenvalue weighted by atomic mass is 16.6. The molecule has 2 saturated heterocycles. The number of carbonyl (C=O) groups is 3. The van der Waals surface area contributed by atoms with E-state index in [4.69, 9.17) is 23.7 Å². The second kappa shape index (κ2) is 9.14. The summed E-state index contributed by atoms with van der Waals surface area (Å²) in [5, 5.41) is 0. The lowest BCUT2D eigenvalue weighted by molar-refractivity contribution is -0.233. The molecule has 3 aliphatic heterocycles. The zero-order valence-electron chi connectivity index (χ0n) is 21.5. The molecule has 0 aromatic rings. The van der Waals surface area contributed by atoms with E-state index in [1.165, 1.54) is 29.9 Å². The summed E-state index contributed by atoms with van der Waals surface area (Å²) in [6.45, 7) is 8.91. The number of ether oxygens (including phenoxy) is 5. The number of carbonyl (C=O) groups excluding carboxylic acids is 3. The number of rotatable bonds is 0. The number of allylic oxidation sites excluding steroid dienone is 3. The summed E-state index contributed by atoms with van der Waals surface area (Å²) < 4.78 is 30.1. The lowest BCUT2D eigenvalue weighted by Gasteiger charge is -2.58. The first-order valence-electron chi connectivity index (χ1n) is 13.0. The third-order valence-electron chi connectivity index (χ3n) is 9.57. The van der Waals surface area contributed by atoms with Gasteiger partial charge in [0.2, 0.25) is 0 Å². The molecule has 0 aromatic carbocycles. The van der Waals surface area contributed by atoms with Gasteiger partial charge in [-0.15, -0.1) is 0 Å². The van der Waals surface area contributed by atoms with Crippen LogP contribution in [0.3, 0.4) is 0 Å². The predicted octanol–water partition coefficient (Wildman–Crippen LogP) is 3.45. The van der Waals surface area contributed by atoms with Gasteiger partial charge in [-0.05, 0) is 32.1 Å². The zero-order chi connectivity index (χ0) is 25.7. The van der Waals surface area contributed by atoms with E-state index >= 15 is 0 Å². The van der Waals surface area contributed by atoms with Crippen molar-refractivity contribution in [2.45, 2.75) is 77.3 Å². The molecular weight excluding hydrogens is 464 g/mol. The Morgan fingerprint density at radius 3 is 2.42 bits per heavy atom. The van der Waals surface area contributed by atoms with E-state index < -0.39 is 34.5 Å². The highest BCUT2D eigenvalue weighted by molar-refractivity contribution is 5.84. The Kier molecular flexibility index (Phi) is 6.40. The number of cyclic esters (lactones) is 2. The van der Waals surface area contributed by atoms with Gasteiger partial charge in [0.25, 0.3) is 0 Å². The minimum atomic E-state index is -0.603. The molecule has 2 bridgehead atoms. The Morgan fingerprint density at radius 1 is 0.972 bits per heavy atom. The van der Waals surface area contributed by atoms with Crippen LogP contribution in [0.5, 0.6) is 0 Å².